The molecule has 2 aliphatic rings. The highest BCUT2D eigenvalue weighted by Crippen LogP contribution is 2.37. The lowest BCUT2D eigenvalue weighted by Crippen LogP contribution is -2.49. The molecule has 4 nitrogen and oxygen atoms in total. The standard InChI is InChI=1S/C19H17FN2O2/c20-17-15(5-3-11-21-17)18(23)22-12-9-19(10-13-22)8-7-14-4-1-2-6-16(14)24-19/h1-8,11H,9-10,12-13H2. The van der Waals surface area contributed by atoms with Crippen LogP contribution >= 0.6 is 0 Å². The number of likely N-dealkylation sites (tertiary alicyclic amines) is 1. The van der Waals surface area contributed by atoms with Crippen molar-refractivity contribution in [2.75, 3.05) is 13.1 Å². The highest BCUT2D eigenvalue weighted by Gasteiger charge is 2.38. The molecule has 24 heavy (non-hydrogen) atoms. The van der Waals surface area contributed by atoms with Crippen molar-refractivity contribution in [3.8, 4) is 5.75 Å². The van der Waals surface area contributed by atoms with Crippen LogP contribution in [0.25, 0.3) is 6.08 Å². The first kappa shape index (κ1) is 14.9. The molecule has 0 unspecified atom stereocenters. The van der Waals surface area contributed by atoms with E-state index >= 15 is 0 Å². The van der Waals surface area contributed by atoms with Crippen molar-refractivity contribution in [1.82, 2.24) is 9.88 Å². The molecule has 122 valence electrons. The number of ether oxygens (including phenoxy) is 1. The number of amides is 1. The second kappa shape index (κ2) is 5.74. The largest absolute Gasteiger partial charge is 0.482 e. The van der Waals surface area contributed by atoms with Crippen molar-refractivity contribution in [2.45, 2.75) is 18.4 Å². The first-order valence-electron chi connectivity index (χ1n) is 8.04. The normalized spacial score (nSPS) is 18.1. The number of hydrogen-bond acceptors (Lipinski definition) is 3. The van der Waals surface area contributed by atoms with Gasteiger partial charge in [0.1, 0.15) is 11.4 Å². The monoisotopic (exact) mass is 324 g/mol. The van der Waals surface area contributed by atoms with Crippen LogP contribution < -0.4 is 4.74 Å². The van der Waals surface area contributed by atoms with Crippen molar-refractivity contribution in [3.63, 3.8) is 0 Å². The zero-order valence-electron chi connectivity index (χ0n) is 13.1. The summed E-state index contributed by atoms with van der Waals surface area (Å²) in [5, 5.41) is 0. The van der Waals surface area contributed by atoms with E-state index in [0.717, 1.165) is 11.3 Å². The Labute approximate surface area is 139 Å². The van der Waals surface area contributed by atoms with Gasteiger partial charge in [0.2, 0.25) is 5.95 Å². The van der Waals surface area contributed by atoms with Crippen LogP contribution in [0.5, 0.6) is 5.75 Å². The number of piperidine rings is 1. The van der Waals surface area contributed by atoms with Gasteiger partial charge in [-0.25, -0.2) is 4.98 Å². The molecule has 2 aromatic rings. The lowest BCUT2D eigenvalue weighted by atomic mass is 9.88. The quantitative estimate of drug-likeness (QED) is 0.756. The average Bonchev–Trinajstić information content (AvgIpc) is 2.62. The van der Waals surface area contributed by atoms with Crippen LogP contribution in [0.15, 0.2) is 48.7 Å². The Kier molecular flexibility index (Phi) is 3.56. The maximum atomic E-state index is 13.7. The van der Waals surface area contributed by atoms with Crippen molar-refractivity contribution in [1.29, 1.82) is 0 Å². The molecule has 0 radical (unpaired) electrons. The topological polar surface area (TPSA) is 42.4 Å². The van der Waals surface area contributed by atoms with E-state index in [1.54, 1.807) is 11.0 Å². The molecule has 0 atom stereocenters. The number of nitrogens with zero attached hydrogens (tertiary/aromatic N) is 2. The minimum absolute atomic E-state index is 0.0268. The summed E-state index contributed by atoms with van der Waals surface area (Å²) in [4.78, 5) is 17.7. The number of benzene rings is 1. The van der Waals surface area contributed by atoms with E-state index in [0.29, 0.717) is 25.9 Å². The van der Waals surface area contributed by atoms with Gasteiger partial charge >= 0.3 is 0 Å². The fourth-order valence-electron chi connectivity index (χ4n) is 3.28. The average molecular weight is 324 g/mol. The number of pyridine rings is 1. The Balaban J connectivity index is 1.48. The number of halogens is 1. The molecule has 0 N–H and O–H groups in total. The van der Waals surface area contributed by atoms with Crippen LogP contribution in [0, 0.1) is 5.95 Å². The summed E-state index contributed by atoms with van der Waals surface area (Å²) in [5.41, 5.74) is 0.719. The maximum absolute atomic E-state index is 13.7. The van der Waals surface area contributed by atoms with E-state index < -0.39 is 5.95 Å². The van der Waals surface area contributed by atoms with Gasteiger partial charge in [-0.3, -0.25) is 4.79 Å². The Morgan fingerprint density at radius 3 is 2.75 bits per heavy atom. The van der Waals surface area contributed by atoms with Gasteiger partial charge in [-0.05, 0) is 24.3 Å². The molecule has 1 fully saturated rings. The Hall–Kier alpha value is -2.69. The summed E-state index contributed by atoms with van der Waals surface area (Å²) in [7, 11) is 0. The van der Waals surface area contributed by atoms with Crippen LogP contribution in [0.4, 0.5) is 4.39 Å². The zero-order valence-corrected chi connectivity index (χ0v) is 13.1. The highest BCUT2D eigenvalue weighted by atomic mass is 19.1. The minimum atomic E-state index is -0.717. The number of carbonyl (C=O) groups is 1. The van der Waals surface area contributed by atoms with Crippen molar-refractivity contribution in [3.05, 3.63) is 65.7 Å². The van der Waals surface area contributed by atoms with Crippen LogP contribution in [-0.2, 0) is 0 Å². The molecule has 3 heterocycles. The number of fused-ring (bicyclic) bond motifs is 1. The molecule has 1 aromatic heterocycles. The van der Waals surface area contributed by atoms with Gasteiger partial charge in [0, 0.05) is 37.7 Å². The van der Waals surface area contributed by atoms with Crippen LogP contribution in [0.2, 0.25) is 0 Å². The fraction of sp³-hybridized carbons (Fsp3) is 0.263. The molecule has 5 heteroatoms. The second-order valence-corrected chi connectivity index (χ2v) is 6.17. The molecular weight excluding hydrogens is 307 g/mol. The zero-order chi connectivity index (χ0) is 16.6. The maximum Gasteiger partial charge on any atom is 0.258 e. The molecular formula is C19H17FN2O2. The van der Waals surface area contributed by atoms with Crippen molar-refractivity contribution in [2.24, 2.45) is 0 Å². The number of aromatic nitrogens is 1. The SMILES string of the molecule is O=C(c1cccnc1F)N1CCC2(C=Cc3ccccc3O2)CC1. The van der Waals surface area contributed by atoms with E-state index in [2.05, 4.69) is 17.1 Å². The van der Waals surface area contributed by atoms with Gasteiger partial charge in [0.25, 0.3) is 5.91 Å². The van der Waals surface area contributed by atoms with Crippen molar-refractivity contribution < 1.29 is 13.9 Å². The van der Waals surface area contributed by atoms with Gasteiger partial charge in [-0.1, -0.05) is 24.3 Å². The Bertz CT molecular complexity index is 811. The van der Waals surface area contributed by atoms with E-state index in [1.807, 2.05) is 24.3 Å². The fourth-order valence-corrected chi connectivity index (χ4v) is 3.28. The first-order valence-corrected chi connectivity index (χ1v) is 8.04. The van der Waals surface area contributed by atoms with E-state index in [9.17, 15) is 9.18 Å². The lowest BCUT2D eigenvalue weighted by molar-refractivity contribution is 0.0326. The molecule has 1 spiro atoms. The smallest absolute Gasteiger partial charge is 0.258 e. The van der Waals surface area contributed by atoms with Gasteiger partial charge in [-0.15, -0.1) is 0 Å². The molecule has 1 amide bonds. The van der Waals surface area contributed by atoms with Crippen molar-refractivity contribution >= 4 is 12.0 Å². The highest BCUT2D eigenvalue weighted by molar-refractivity contribution is 5.94. The summed E-state index contributed by atoms with van der Waals surface area (Å²) in [6, 6.07) is 11.0. The molecule has 2 aliphatic heterocycles. The third-order valence-electron chi connectivity index (χ3n) is 4.69. The number of hydrogen-bond donors (Lipinski definition) is 0. The number of carbonyl (C=O) groups excluding carboxylic acids is 1. The van der Waals surface area contributed by atoms with E-state index in [-0.39, 0.29) is 17.1 Å². The molecule has 4 rings (SSSR count). The minimum Gasteiger partial charge on any atom is -0.482 e. The summed E-state index contributed by atoms with van der Waals surface area (Å²) in [6.07, 6.45) is 6.88. The first-order chi connectivity index (χ1) is 11.7. The summed E-state index contributed by atoms with van der Waals surface area (Å²) < 4.78 is 19.9. The number of para-hydroxylation sites is 1. The molecule has 0 bridgehead atoms. The van der Waals surface area contributed by atoms with Crippen LogP contribution in [0.1, 0.15) is 28.8 Å². The van der Waals surface area contributed by atoms with Gasteiger partial charge < -0.3 is 9.64 Å². The molecule has 1 aromatic carbocycles. The Morgan fingerprint density at radius 1 is 1.17 bits per heavy atom. The van der Waals surface area contributed by atoms with Crippen LogP contribution in [0.3, 0.4) is 0 Å². The predicted molar refractivity (Wildman–Crippen MR) is 88.2 cm³/mol. The third kappa shape index (κ3) is 2.56. The molecule has 0 aliphatic carbocycles. The second-order valence-electron chi connectivity index (χ2n) is 6.17. The molecule has 0 saturated carbocycles. The summed E-state index contributed by atoms with van der Waals surface area (Å²) in [5.74, 6) is -0.153. The number of rotatable bonds is 1. The Morgan fingerprint density at radius 2 is 1.96 bits per heavy atom. The van der Waals surface area contributed by atoms with Gasteiger partial charge in [0.15, 0.2) is 0 Å². The van der Waals surface area contributed by atoms with Gasteiger partial charge in [0.05, 0.1) is 5.56 Å². The lowest BCUT2D eigenvalue weighted by Gasteiger charge is -2.41. The van der Waals surface area contributed by atoms with E-state index in [4.69, 9.17) is 4.74 Å². The summed E-state index contributed by atoms with van der Waals surface area (Å²) >= 11 is 0. The predicted octanol–water partition coefficient (Wildman–Crippen LogP) is 3.30. The van der Waals surface area contributed by atoms with E-state index in [1.165, 1.54) is 12.3 Å². The van der Waals surface area contributed by atoms with Gasteiger partial charge in [-0.2, -0.15) is 4.39 Å². The molecule has 1 saturated heterocycles. The van der Waals surface area contributed by atoms with Crippen LogP contribution in [-0.4, -0.2) is 34.5 Å². The summed E-state index contributed by atoms with van der Waals surface area (Å²) in [6.45, 7) is 1.05. The third-order valence-corrected chi connectivity index (χ3v) is 4.69.